The quantitative estimate of drug-likeness (QED) is 0.592. The summed E-state index contributed by atoms with van der Waals surface area (Å²) in [4.78, 5) is 4.50. The predicted octanol–water partition coefficient (Wildman–Crippen LogP) is 2.81. The molecule has 3 nitrogen and oxygen atoms in total. The lowest BCUT2D eigenvalue weighted by Crippen LogP contribution is -2.04. The van der Waals surface area contributed by atoms with E-state index in [1.165, 1.54) is 0 Å². The maximum absolute atomic E-state index is 5.90. The van der Waals surface area contributed by atoms with Gasteiger partial charge in [-0.2, -0.15) is 0 Å². The van der Waals surface area contributed by atoms with E-state index >= 15 is 0 Å². The number of benzene rings is 1. The van der Waals surface area contributed by atoms with E-state index in [2.05, 4.69) is 15.6 Å². The summed E-state index contributed by atoms with van der Waals surface area (Å²) < 4.78 is 7.23. The zero-order valence-corrected chi connectivity index (χ0v) is 10.1. The lowest BCUT2D eigenvalue weighted by molar-refractivity contribution is 0.190. The second-order valence-corrected chi connectivity index (χ2v) is 3.92. The first-order valence-corrected chi connectivity index (χ1v) is 5.89. The van der Waals surface area contributed by atoms with Crippen LogP contribution in [-0.4, -0.2) is 23.3 Å². The Balaban J connectivity index is 2.32. The molecule has 4 heteroatoms. The van der Waals surface area contributed by atoms with Crippen LogP contribution in [0.2, 0.25) is 0 Å². The van der Waals surface area contributed by atoms with Crippen LogP contribution in [0.5, 0.6) is 0 Å². The van der Waals surface area contributed by atoms with Crippen molar-refractivity contribution in [1.29, 1.82) is 0 Å². The molecule has 0 unspecified atom stereocenters. The highest BCUT2D eigenvalue weighted by atomic mass is 35.5. The van der Waals surface area contributed by atoms with Gasteiger partial charge in [-0.1, -0.05) is 12.1 Å². The molecule has 0 saturated heterocycles. The third-order valence-corrected chi connectivity index (χ3v) is 2.82. The summed E-state index contributed by atoms with van der Waals surface area (Å²) in [6, 6.07) is 8.10. The fraction of sp³-hybridized carbons (Fsp3) is 0.417. The van der Waals surface area contributed by atoms with E-state index in [9.17, 15) is 0 Å². The van der Waals surface area contributed by atoms with Crippen LogP contribution in [0.1, 0.15) is 12.2 Å². The summed E-state index contributed by atoms with van der Waals surface area (Å²) >= 11 is 5.90. The number of halogens is 1. The van der Waals surface area contributed by atoms with Crippen molar-refractivity contribution in [2.75, 3.05) is 13.7 Å². The number of methoxy groups -OCH3 is 1. The van der Waals surface area contributed by atoms with Crippen LogP contribution in [0.25, 0.3) is 11.0 Å². The number of hydrogen-bond acceptors (Lipinski definition) is 2. The largest absolute Gasteiger partial charge is 0.385 e. The highest BCUT2D eigenvalue weighted by Crippen LogP contribution is 2.17. The molecule has 0 saturated carbocycles. The highest BCUT2D eigenvalue weighted by Gasteiger charge is 2.08. The topological polar surface area (TPSA) is 27.1 Å². The first-order chi connectivity index (χ1) is 7.86. The van der Waals surface area contributed by atoms with Crippen molar-refractivity contribution in [1.82, 2.24) is 9.55 Å². The Morgan fingerprint density at radius 3 is 2.94 bits per heavy atom. The maximum atomic E-state index is 5.90. The van der Waals surface area contributed by atoms with E-state index in [0.717, 1.165) is 36.4 Å². The predicted molar refractivity (Wildman–Crippen MR) is 65.8 cm³/mol. The van der Waals surface area contributed by atoms with E-state index in [1.54, 1.807) is 7.11 Å². The molecule has 0 aliphatic carbocycles. The van der Waals surface area contributed by atoms with Crippen LogP contribution in [0.15, 0.2) is 24.3 Å². The van der Waals surface area contributed by atoms with Gasteiger partial charge in [-0.3, -0.25) is 0 Å². The monoisotopic (exact) mass is 238 g/mol. The number of aromatic nitrogens is 2. The standard InChI is InChI=1S/C12H15ClN2O/c1-16-8-4-7-15-11-6-3-2-5-10(11)14-12(15)9-13/h2-3,5-6H,4,7-9H2,1H3. The van der Waals surface area contributed by atoms with Crippen molar-refractivity contribution in [3.63, 3.8) is 0 Å². The molecule has 86 valence electrons. The van der Waals surface area contributed by atoms with E-state index in [-0.39, 0.29) is 0 Å². The number of alkyl halides is 1. The third kappa shape index (κ3) is 2.20. The van der Waals surface area contributed by atoms with Gasteiger partial charge in [0.25, 0.3) is 0 Å². The first kappa shape index (κ1) is 11.4. The van der Waals surface area contributed by atoms with E-state index in [1.807, 2.05) is 18.2 Å². The molecule has 16 heavy (non-hydrogen) atoms. The van der Waals surface area contributed by atoms with Crippen molar-refractivity contribution in [2.45, 2.75) is 18.8 Å². The minimum Gasteiger partial charge on any atom is -0.385 e. The summed E-state index contributed by atoms with van der Waals surface area (Å²) in [6.07, 6.45) is 0.973. The first-order valence-electron chi connectivity index (χ1n) is 5.36. The third-order valence-electron chi connectivity index (χ3n) is 2.58. The van der Waals surface area contributed by atoms with Gasteiger partial charge in [0.05, 0.1) is 16.9 Å². The molecule has 1 heterocycles. The average molecular weight is 239 g/mol. The number of hydrogen-bond donors (Lipinski definition) is 0. The second-order valence-electron chi connectivity index (χ2n) is 3.65. The fourth-order valence-electron chi connectivity index (χ4n) is 1.84. The molecule has 0 radical (unpaired) electrons. The second kappa shape index (κ2) is 5.32. The number of nitrogens with zero attached hydrogens (tertiary/aromatic N) is 2. The molecule has 2 aromatic rings. The van der Waals surface area contributed by atoms with Crippen LogP contribution in [0, 0.1) is 0 Å². The van der Waals surface area contributed by atoms with Crippen molar-refractivity contribution in [2.24, 2.45) is 0 Å². The van der Waals surface area contributed by atoms with E-state index in [4.69, 9.17) is 16.3 Å². The van der Waals surface area contributed by atoms with Crippen molar-refractivity contribution in [3.05, 3.63) is 30.1 Å². The molecule has 1 aromatic carbocycles. The van der Waals surface area contributed by atoms with Crippen molar-refractivity contribution in [3.8, 4) is 0 Å². The Bertz CT molecular complexity index is 467. The van der Waals surface area contributed by atoms with Crippen LogP contribution in [0.3, 0.4) is 0 Å². The van der Waals surface area contributed by atoms with Gasteiger partial charge < -0.3 is 9.30 Å². The summed E-state index contributed by atoms with van der Waals surface area (Å²) in [7, 11) is 1.72. The summed E-state index contributed by atoms with van der Waals surface area (Å²) in [5.74, 6) is 1.38. The van der Waals surface area contributed by atoms with Gasteiger partial charge in [-0.25, -0.2) is 4.98 Å². The summed E-state index contributed by atoms with van der Waals surface area (Å²) in [5.41, 5.74) is 2.16. The summed E-state index contributed by atoms with van der Waals surface area (Å²) in [6.45, 7) is 1.66. The van der Waals surface area contributed by atoms with Crippen LogP contribution >= 0.6 is 11.6 Å². The van der Waals surface area contributed by atoms with Gasteiger partial charge in [0.15, 0.2) is 0 Å². The van der Waals surface area contributed by atoms with Gasteiger partial charge in [0.1, 0.15) is 5.82 Å². The summed E-state index contributed by atoms with van der Waals surface area (Å²) in [5, 5.41) is 0. The molecule has 0 aliphatic rings. The number of rotatable bonds is 5. The fourth-order valence-corrected chi connectivity index (χ4v) is 2.05. The smallest absolute Gasteiger partial charge is 0.124 e. The molecule has 0 amide bonds. The molecular formula is C12H15ClN2O. The number of aryl methyl sites for hydroxylation is 1. The van der Waals surface area contributed by atoms with Crippen molar-refractivity contribution < 1.29 is 4.74 Å². The van der Waals surface area contributed by atoms with Crippen LogP contribution < -0.4 is 0 Å². The van der Waals surface area contributed by atoms with Crippen LogP contribution in [-0.2, 0) is 17.2 Å². The van der Waals surface area contributed by atoms with Gasteiger partial charge in [-0.05, 0) is 18.6 Å². The zero-order chi connectivity index (χ0) is 11.4. The maximum Gasteiger partial charge on any atom is 0.124 e. The SMILES string of the molecule is COCCCn1c(CCl)nc2ccccc21. The minimum absolute atomic E-state index is 0.446. The highest BCUT2D eigenvalue weighted by molar-refractivity contribution is 6.16. The average Bonchev–Trinajstić information content (AvgIpc) is 2.68. The molecule has 0 atom stereocenters. The Morgan fingerprint density at radius 2 is 2.19 bits per heavy atom. The molecule has 0 fully saturated rings. The Kier molecular flexibility index (Phi) is 3.80. The lowest BCUT2D eigenvalue weighted by atomic mass is 10.3. The molecule has 0 N–H and O–H groups in total. The molecule has 0 spiro atoms. The van der Waals surface area contributed by atoms with Crippen molar-refractivity contribution >= 4 is 22.6 Å². The van der Waals surface area contributed by atoms with E-state index < -0.39 is 0 Å². The number of imidazole rings is 1. The van der Waals surface area contributed by atoms with Gasteiger partial charge >= 0.3 is 0 Å². The van der Waals surface area contributed by atoms with Crippen LogP contribution in [0.4, 0.5) is 0 Å². The Hall–Kier alpha value is -1.06. The molecule has 1 aromatic heterocycles. The van der Waals surface area contributed by atoms with Gasteiger partial charge in [0, 0.05) is 20.3 Å². The minimum atomic E-state index is 0.446. The number of fused-ring (bicyclic) bond motifs is 1. The zero-order valence-electron chi connectivity index (χ0n) is 9.32. The van der Waals surface area contributed by atoms with Gasteiger partial charge in [-0.15, -0.1) is 11.6 Å². The molecule has 0 bridgehead atoms. The molecule has 2 rings (SSSR count). The Morgan fingerprint density at radius 1 is 1.38 bits per heavy atom. The number of ether oxygens (including phenoxy) is 1. The lowest BCUT2D eigenvalue weighted by Gasteiger charge is -2.06. The molecular weight excluding hydrogens is 224 g/mol. The van der Waals surface area contributed by atoms with Gasteiger partial charge in [0.2, 0.25) is 0 Å². The normalized spacial score (nSPS) is 11.1. The van der Waals surface area contributed by atoms with E-state index in [0.29, 0.717) is 5.88 Å². The number of para-hydroxylation sites is 2. The Labute approximate surface area is 100.0 Å². The molecule has 0 aliphatic heterocycles.